The molecule has 26 heavy (non-hydrogen) atoms. The molecular formula is C16H14Cl2F2N4O2. The van der Waals surface area contributed by atoms with E-state index in [9.17, 15) is 18.4 Å². The Morgan fingerprint density at radius 2 is 1.85 bits per heavy atom. The number of amides is 3. The molecule has 2 aromatic rings. The molecule has 0 atom stereocenters. The number of hydrazine groups is 1. The van der Waals surface area contributed by atoms with Crippen LogP contribution in [0.15, 0.2) is 24.4 Å². The minimum absolute atomic E-state index is 0.0515. The summed E-state index contributed by atoms with van der Waals surface area (Å²) in [6.45, 7) is 1.39. The van der Waals surface area contributed by atoms with Gasteiger partial charge in [-0.3, -0.25) is 15.2 Å². The summed E-state index contributed by atoms with van der Waals surface area (Å²) in [5.41, 5.74) is 4.64. The van der Waals surface area contributed by atoms with Gasteiger partial charge in [-0.15, -0.1) is 0 Å². The lowest BCUT2D eigenvalue weighted by Crippen LogP contribution is -2.46. The minimum Gasteiger partial charge on any atom is -0.331 e. The molecule has 0 unspecified atom stereocenters. The third-order valence-electron chi connectivity index (χ3n) is 3.27. The van der Waals surface area contributed by atoms with Gasteiger partial charge in [0.2, 0.25) is 5.91 Å². The number of aromatic nitrogens is 1. The zero-order chi connectivity index (χ0) is 19.3. The fraction of sp³-hybridized carbons (Fsp3) is 0.188. The third-order valence-corrected chi connectivity index (χ3v) is 3.88. The van der Waals surface area contributed by atoms with Crippen molar-refractivity contribution in [1.29, 1.82) is 0 Å². The van der Waals surface area contributed by atoms with Crippen LogP contribution in [-0.4, -0.2) is 16.9 Å². The largest absolute Gasteiger partial charge is 0.333 e. The summed E-state index contributed by atoms with van der Waals surface area (Å²) in [4.78, 5) is 26.4. The number of benzene rings is 1. The molecule has 138 valence electrons. The lowest BCUT2D eigenvalue weighted by Gasteiger charge is -2.10. The molecule has 1 heterocycles. The smallest absolute Gasteiger partial charge is 0.331 e. The molecule has 3 amide bonds. The summed E-state index contributed by atoms with van der Waals surface area (Å²) in [7, 11) is 0. The van der Waals surface area contributed by atoms with Crippen molar-refractivity contribution in [2.75, 3.05) is 0 Å². The molecule has 1 aromatic heterocycles. The fourth-order valence-corrected chi connectivity index (χ4v) is 2.36. The lowest BCUT2D eigenvalue weighted by atomic mass is 10.1. The molecule has 1 aromatic carbocycles. The van der Waals surface area contributed by atoms with Crippen molar-refractivity contribution in [3.05, 3.63) is 51.8 Å². The van der Waals surface area contributed by atoms with E-state index < -0.39 is 17.7 Å². The molecule has 0 aliphatic carbocycles. The van der Waals surface area contributed by atoms with Gasteiger partial charge in [-0.2, -0.15) is 0 Å². The maximum absolute atomic E-state index is 14.2. The zero-order valence-corrected chi connectivity index (χ0v) is 15.0. The number of nitrogens with one attached hydrogen (secondary N) is 3. The van der Waals surface area contributed by atoms with Crippen LogP contribution >= 0.6 is 23.2 Å². The molecule has 0 bridgehead atoms. The number of rotatable bonds is 4. The number of nitrogens with zero attached hydrogens (tertiary/aromatic N) is 1. The van der Waals surface area contributed by atoms with Crippen molar-refractivity contribution in [3.63, 3.8) is 0 Å². The van der Waals surface area contributed by atoms with Gasteiger partial charge < -0.3 is 5.32 Å². The standard InChI is InChI=1S/C16H14Cl2F2N4O2/c1-2-14(25)23-24-16(26)22-7-13-11(19)3-8(6-21-13)10-4-9(17)5-12(20)15(10)18/h3-6H,2,7H2,1H3,(H,23,25)(H2,22,24,26). The van der Waals surface area contributed by atoms with Crippen molar-refractivity contribution < 1.29 is 18.4 Å². The molecule has 0 fully saturated rings. The Hall–Kier alpha value is -2.45. The van der Waals surface area contributed by atoms with Crippen LogP contribution in [-0.2, 0) is 11.3 Å². The summed E-state index contributed by atoms with van der Waals surface area (Å²) in [6, 6.07) is 2.82. The first-order valence-corrected chi connectivity index (χ1v) is 8.19. The number of carbonyl (C=O) groups is 2. The van der Waals surface area contributed by atoms with Gasteiger partial charge in [-0.25, -0.2) is 19.0 Å². The molecule has 0 radical (unpaired) electrons. The normalized spacial score (nSPS) is 10.3. The lowest BCUT2D eigenvalue weighted by molar-refractivity contribution is -0.121. The van der Waals surface area contributed by atoms with E-state index >= 15 is 0 Å². The van der Waals surface area contributed by atoms with Gasteiger partial charge >= 0.3 is 6.03 Å². The fourth-order valence-electron chi connectivity index (χ4n) is 1.93. The molecule has 6 nitrogen and oxygen atoms in total. The number of halogens is 4. The second kappa shape index (κ2) is 8.77. The van der Waals surface area contributed by atoms with Crippen LogP contribution in [0.2, 0.25) is 10.0 Å². The SMILES string of the molecule is CCC(=O)NNC(=O)NCc1ncc(-c2cc(Cl)cc(F)c2Cl)cc1F. The van der Waals surface area contributed by atoms with Gasteiger partial charge in [0.25, 0.3) is 0 Å². The quantitative estimate of drug-likeness (QED) is 0.539. The molecule has 0 saturated heterocycles. The zero-order valence-electron chi connectivity index (χ0n) is 13.5. The number of pyridine rings is 1. The summed E-state index contributed by atoms with van der Waals surface area (Å²) in [5.74, 6) is -1.83. The Kier molecular flexibility index (Phi) is 6.70. The average Bonchev–Trinajstić information content (AvgIpc) is 2.61. The molecule has 0 aliphatic heterocycles. The third kappa shape index (κ3) is 5.03. The van der Waals surface area contributed by atoms with Crippen molar-refractivity contribution in [2.24, 2.45) is 0 Å². The summed E-state index contributed by atoms with van der Waals surface area (Å²) >= 11 is 11.7. The Bertz CT molecular complexity index is 849. The van der Waals surface area contributed by atoms with Gasteiger partial charge in [0.1, 0.15) is 11.6 Å². The minimum atomic E-state index is -0.730. The van der Waals surface area contributed by atoms with Crippen molar-refractivity contribution in [1.82, 2.24) is 21.2 Å². The van der Waals surface area contributed by atoms with E-state index in [0.29, 0.717) is 0 Å². The second-order valence-corrected chi connectivity index (χ2v) is 5.93. The van der Waals surface area contributed by atoms with Crippen molar-refractivity contribution >= 4 is 35.1 Å². The predicted molar refractivity (Wildman–Crippen MR) is 93.4 cm³/mol. The summed E-state index contributed by atoms with van der Waals surface area (Å²) in [5, 5.41) is 2.24. The first-order valence-electron chi connectivity index (χ1n) is 7.43. The monoisotopic (exact) mass is 402 g/mol. The number of hydrogen-bond donors (Lipinski definition) is 3. The van der Waals surface area contributed by atoms with E-state index in [-0.39, 0.29) is 45.7 Å². The average molecular weight is 403 g/mol. The number of hydrogen-bond acceptors (Lipinski definition) is 3. The Balaban J connectivity index is 2.08. The van der Waals surface area contributed by atoms with E-state index in [2.05, 4.69) is 21.2 Å². The first kappa shape index (κ1) is 19.9. The maximum Gasteiger partial charge on any atom is 0.333 e. The van der Waals surface area contributed by atoms with E-state index in [4.69, 9.17) is 23.2 Å². The van der Waals surface area contributed by atoms with E-state index in [1.807, 2.05) is 0 Å². The van der Waals surface area contributed by atoms with E-state index in [1.54, 1.807) is 6.92 Å². The second-order valence-electron chi connectivity index (χ2n) is 5.11. The van der Waals surface area contributed by atoms with Crippen LogP contribution in [0.25, 0.3) is 11.1 Å². The van der Waals surface area contributed by atoms with Gasteiger partial charge in [-0.1, -0.05) is 30.1 Å². The molecule has 0 aliphatic rings. The Morgan fingerprint density at radius 3 is 2.50 bits per heavy atom. The van der Waals surface area contributed by atoms with Crippen LogP contribution in [0.1, 0.15) is 19.0 Å². The van der Waals surface area contributed by atoms with Crippen LogP contribution in [0.4, 0.5) is 13.6 Å². The van der Waals surface area contributed by atoms with Crippen molar-refractivity contribution in [2.45, 2.75) is 19.9 Å². The van der Waals surface area contributed by atoms with Gasteiger partial charge in [0.15, 0.2) is 0 Å². The van der Waals surface area contributed by atoms with E-state index in [0.717, 1.165) is 12.1 Å². The molecule has 3 N–H and O–H groups in total. The van der Waals surface area contributed by atoms with Crippen molar-refractivity contribution in [3.8, 4) is 11.1 Å². The number of urea groups is 1. The summed E-state index contributed by atoms with van der Waals surface area (Å²) in [6.07, 6.45) is 1.48. The topological polar surface area (TPSA) is 83.1 Å². The summed E-state index contributed by atoms with van der Waals surface area (Å²) < 4.78 is 27.9. The molecule has 2 rings (SSSR count). The first-order chi connectivity index (χ1) is 12.3. The number of carbonyl (C=O) groups excluding carboxylic acids is 2. The highest BCUT2D eigenvalue weighted by Gasteiger charge is 2.14. The molecular weight excluding hydrogens is 389 g/mol. The maximum atomic E-state index is 14.2. The van der Waals surface area contributed by atoms with Crippen LogP contribution in [0.5, 0.6) is 0 Å². The van der Waals surface area contributed by atoms with Crippen LogP contribution in [0, 0.1) is 11.6 Å². The van der Waals surface area contributed by atoms with Gasteiger partial charge in [-0.05, 0) is 18.2 Å². The van der Waals surface area contributed by atoms with Crippen LogP contribution < -0.4 is 16.2 Å². The predicted octanol–water partition coefficient (Wildman–Crippen LogP) is 3.57. The van der Waals surface area contributed by atoms with E-state index in [1.165, 1.54) is 12.3 Å². The molecule has 0 saturated carbocycles. The van der Waals surface area contributed by atoms with Crippen LogP contribution in [0.3, 0.4) is 0 Å². The highest BCUT2D eigenvalue weighted by Crippen LogP contribution is 2.33. The Labute approximate surface area is 157 Å². The molecule has 0 spiro atoms. The van der Waals surface area contributed by atoms with Gasteiger partial charge in [0, 0.05) is 28.8 Å². The highest BCUT2D eigenvalue weighted by atomic mass is 35.5. The highest BCUT2D eigenvalue weighted by molar-refractivity contribution is 6.35. The Morgan fingerprint density at radius 1 is 1.12 bits per heavy atom. The van der Waals surface area contributed by atoms with Gasteiger partial charge in [0.05, 0.1) is 17.3 Å². The molecule has 10 heteroatoms.